The molecule has 2 aliphatic rings. The molecule has 0 saturated heterocycles. The lowest BCUT2D eigenvalue weighted by molar-refractivity contribution is 0.568. The van der Waals surface area contributed by atoms with E-state index in [1.807, 2.05) is 0 Å². The minimum atomic E-state index is -0.493. The van der Waals surface area contributed by atoms with Crippen LogP contribution in [0.25, 0.3) is 166 Å². The van der Waals surface area contributed by atoms with Gasteiger partial charge >= 0.3 is 0 Å². The van der Waals surface area contributed by atoms with Gasteiger partial charge in [0.15, 0.2) is 0 Å². The summed E-state index contributed by atoms with van der Waals surface area (Å²) in [6.07, 6.45) is 0. The van der Waals surface area contributed by atoms with Crippen molar-refractivity contribution in [3.05, 3.63) is 378 Å². The Balaban J connectivity index is 0.947. The van der Waals surface area contributed by atoms with Crippen molar-refractivity contribution in [1.29, 1.82) is 0 Å². The maximum absolute atomic E-state index is 7.99. The van der Waals surface area contributed by atoms with E-state index in [2.05, 4.69) is 533 Å². The Kier molecular flexibility index (Phi) is 21.5. The lowest BCUT2D eigenvalue weighted by Crippen LogP contribution is -2.61. The fourth-order valence-electron chi connectivity index (χ4n) is 23.0. The number of hydrogen-bond acceptors (Lipinski definition) is 4. The van der Waals surface area contributed by atoms with Crippen molar-refractivity contribution in [2.75, 3.05) is 9.80 Å². The minimum absolute atomic E-state index is 0.207. The van der Waals surface area contributed by atoms with Crippen molar-refractivity contribution in [3.8, 4) is 78.1 Å². The summed E-state index contributed by atoms with van der Waals surface area (Å²) in [6.45, 7) is 64.0. The van der Waals surface area contributed by atoms with Gasteiger partial charge < -0.3 is 27.8 Å². The van der Waals surface area contributed by atoms with Gasteiger partial charge in [-0.3, -0.25) is 0 Å². The zero-order valence-electron chi connectivity index (χ0n) is 89.9. The minimum Gasteiger partial charge on any atom is -0.455 e. The van der Waals surface area contributed by atoms with Crippen LogP contribution < -0.4 is 26.2 Å². The van der Waals surface area contributed by atoms with Crippen LogP contribution in [-0.2, 0) is 48.7 Å². The van der Waals surface area contributed by atoms with Gasteiger partial charge in [0.25, 0.3) is 6.71 Å². The number of anilines is 6. The number of para-hydroxylation sites is 4. The van der Waals surface area contributed by atoms with Crippen LogP contribution in [0.15, 0.2) is 336 Å². The summed E-state index contributed by atoms with van der Waals surface area (Å²) in [5.74, 6) is 0. The molecule has 0 unspecified atom stereocenters. The standard InChI is InChI=1S/C138H135BN4O2/c1-130(2,3)90-62-86(63-91(72-90)131(4,5)6)107-80-109(88-66-94(134(13,14)15)74-95(67-88)135(16,17)18)128-123(105-48-36-40-52-121(105)144-128)126(107)142-117-78-99(140-113-50-38-34-46-101(113)103-58-54-84(70-115(103)140)82-42-30-28-31-43-82)56-60-111(117)139-112-61-57-100(141-114-51-39-35-47-102(114)104-59-55-85(71-116(104)141)83-44-32-29-33-45-83)79-118(112)143(120-77-98(138(25,26)27)76-119(142)125(120)139)127-108(87-64-92(132(7,8)9)73-93(65-87)133(10,11)12)81-110(129-124(127)106-49-37-41-53-122(106)145-129)89-68-96(136(19,20)21)75-97(69-89)137(22,23)24/h28-81H,1-27H3. The molecule has 2 aliphatic heterocycles. The third-order valence-corrected chi connectivity index (χ3v) is 31.6. The molecule has 722 valence electrons. The third-order valence-electron chi connectivity index (χ3n) is 31.6. The number of nitrogens with zero attached hydrogens (tertiary/aromatic N) is 4. The van der Waals surface area contributed by atoms with Crippen molar-refractivity contribution >= 4 is 145 Å². The molecule has 0 amide bonds. The summed E-state index contributed by atoms with van der Waals surface area (Å²) in [6, 6.07) is 128. The SMILES string of the molecule is CC(C)(C)c1cc(-c2cc(-c3cc(C(C)(C)C)cc(C(C)(C)C)c3)c3oc4ccccc4c3c2N2c3cc(-n4c5ccccc5c5ccc(-c6ccccc6)cc54)ccc3B3c4ccc(-n5c6ccccc6c6ccc(-c7ccccc7)cc65)cc4N(c4c(-c5cc(C(C)(C)C)cc(C(C)(C)C)c5)cc(-c5cc(C(C)(C)C)cc(C(C)(C)C)c5)c5oc6ccccc6c45)c4cc(C(C)(C)C)cc2c43)cc(C(C)(C)C)c1. The number of rotatable bonds is 10. The Morgan fingerprint density at radius 2 is 0.476 bits per heavy atom. The van der Waals surface area contributed by atoms with E-state index in [-0.39, 0.29) is 43.3 Å². The van der Waals surface area contributed by atoms with Crippen molar-refractivity contribution in [1.82, 2.24) is 9.13 Å². The van der Waals surface area contributed by atoms with E-state index < -0.39 is 12.1 Å². The number of furan rings is 2. The van der Waals surface area contributed by atoms with E-state index in [4.69, 9.17) is 8.83 Å². The van der Waals surface area contributed by atoms with Crippen LogP contribution in [0.3, 0.4) is 0 Å². The molecule has 0 radical (unpaired) electrons. The van der Waals surface area contributed by atoms with Crippen LogP contribution in [0.4, 0.5) is 34.1 Å². The molecule has 0 atom stereocenters. The average molecular weight is 1890 g/mol. The lowest BCUT2D eigenvalue weighted by atomic mass is 9.33. The van der Waals surface area contributed by atoms with Gasteiger partial charge in [0.05, 0.1) is 44.2 Å². The first kappa shape index (κ1) is 94.2. The molecule has 6 heterocycles. The molecule has 17 aromatic carbocycles. The maximum atomic E-state index is 7.99. The molecule has 6 nitrogen and oxygen atoms in total. The van der Waals surface area contributed by atoms with Gasteiger partial charge in [0.2, 0.25) is 0 Å². The van der Waals surface area contributed by atoms with Gasteiger partial charge in [0, 0.05) is 88.7 Å². The van der Waals surface area contributed by atoms with Crippen LogP contribution in [0.2, 0.25) is 0 Å². The van der Waals surface area contributed by atoms with E-state index in [9.17, 15) is 0 Å². The quantitative estimate of drug-likeness (QED) is 0.128. The van der Waals surface area contributed by atoms with Crippen molar-refractivity contribution in [2.24, 2.45) is 0 Å². The fraction of sp³-hybridized carbons (Fsp3) is 0.261. The van der Waals surface area contributed by atoms with Gasteiger partial charge in [-0.2, -0.15) is 0 Å². The molecule has 0 fully saturated rings. The Bertz CT molecular complexity index is 8280. The number of benzene rings is 17. The first-order chi connectivity index (χ1) is 68.6. The zero-order valence-corrected chi connectivity index (χ0v) is 89.9. The first-order valence-electron chi connectivity index (χ1n) is 52.4. The van der Waals surface area contributed by atoms with Crippen LogP contribution in [0.1, 0.15) is 237 Å². The van der Waals surface area contributed by atoms with Gasteiger partial charge in [-0.25, -0.2) is 0 Å². The highest BCUT2D eigenvalue weighted by Gasteiger charge is 2.48. The predicted molar refractivity (Wildman–Crippen MR) is 625 cm³/mol. The van der Waals surface area contributed by atoms with Crippen LogP contribution in [0.5, 0.6) is 0 Å². The zero-order chi connectivity index (χ0) is 102. The molecule has 0 aliphatic carbocycles. The maximum Gasteiger partial charge on any atom is 0.252 e. The summed E-state index contributed by atoms with van der Waals surface area (Å²) in [5, 5.41) is 8.90. The highest BCUT2D eigenvalue weighted by molar-refractivity contribution is 7.00. The normalized spacial score (nSPS) is 13.6. The summed E-state index contributed by atoms with van der Waals surface area (Å²) < 4.78 is 21.1. The second kappa shape index (κ2) is 33.1. The van der Waals surface area contributed by atoms with Crippen LogP contribution >= 0.6 is 0 Å². The van der Waals surface area contributed by atoms with E-state index in [1.54, 1.807) is 0 Å². The molecule has 23 rings (SSSR count). The van der Waals surface area contributed by atoms with Crippen LogP contribution in [-0.4, -0.2) is 15.8 Å². The predicted octanol–water partition coefficient (Wildman–Crippen LogP) is 37.4. The lowest BCUT2D eigenvalue weighted by Gasteiger charge is -2.46. The Morgan fingerprint density at radius 3 is 0.793 bits per heavy atom. The summed E-state index contributed by atoms with van der Waals surface area (Å²) in [4.78, 5) is 5.60. The Morgan fingerprint density at radius 1 is 0.200 bits per heavy atom. The van der Waals surface area contributed by atoms with Crippen molar-refractivity contribution < 1.29 is 8.83 Å². The topological polar surface area (TPSA) is 42.6 Å². The number of aromatic nitrogens is 2. The van der Waals surface area contributed by atoms with E-state index in [1.165, 1.54) is 99.1 Å². The van der Waals surface area contributed by atoms with Gasteiger partial charge in [0.1, 0.15) is 22.3 Å². The molecule has 7 heteroatoms. The smallest absolute Gasteiger partial charge is 0.252 e. The second-order valence-corrected chi connectivity index (χ2v) is 51.1. The second-order valence-electron chi connectivity index (χ2n) is 51.1. The largest absolute Gasteiger partial charge is 0.455 e. The average Bonchev–Trinajstić information content (AvgIpc) is 0.996. The molecular formula is C138H135BN4O2. The number of fused-ring (bicyclic) bond motifs is 16. The fourth-order valence-corrected chi connectivity index (χ4v) is 23.0. The molecule has 0 N–H and O–H groups in total. The Labute approximate surface area is 857 Å². The van der Waals surface area contributed by atoms with Gasteiger partial charge in [-0.1, -0.05) is 430 Å². The van der Waals surface area contributed by atoms with Gasteiger partial charge in [-0.05, 0) is 245 Å². The highest BCUT2D eigenvalue weighted by Crippen LogP contribution is 2.60. The molecule has 0 bridgehead atoms. The molecule has 4 aromatic heterocycles. The number of hydrogen-bond donors (Lipinski definition) is 0. The molecule has 21 aromatic rings. The molecule has 0 saturated carbocycles. The summed E-state index contributed by atoms with van der Waals surface area (Å²) in [5.41, 5.74) is 42.2. The van der Waals surface area contributed by atoms with E-state index in [0.29, 0.717) is 0 Å². The van der Waals surface area contributed by atoms with Crippen LogP contribution in [0, 0.1) is 0 Å². The van der Waals surface area contributed by atoms with Crippen molar-refractivity contribution in [2.45, 2.75) is 236 Å². The molecule has 0 spiro atoms. The third kappa shape index (κ3) is 16.0. The Hall–Kier alpha value is -14.4. The van der Waals surface area contributed by atoms with E-state index in [0.717, 1.165) is 167 Å². The van der Waals surface area contributed by atoms with Crippen molar-refractivity contribution in [3.63, 3.8) is 0 Å². The highest BCUT2D eigenvalue weighted by atomic mass is 16.3. The van der Waals surface area contributed by atoms with Gasteiger partial charge in [-0.15, -0.1) is 0 Å². The summed E-state index contributed by atoms with van der Waals surface area (Å²) in [7, 11) is 0. The summed E-state index contributed by atoms with van der Waals surface area (Å²) >= 11 is 0. The van der Waals surface area contributed by atoms with E-state index >= 15 is 0 Å². The molecular weight excluding hydrogens is 1760 g/mol. The monoisotopic (exact) mass is 1890 g/mol. The molecule has 145 heavy (non-hydrogen) atoms. The first-order valence-corrected chi connectivity index (χ1v) is 52.4.